The summed E-state index contributed by atoms with van der Waals surface area (Å²) >= 11 is 8.64. The van der Waals surface area contributed by atoms with E-state index in [1.807, 2.05) is 89.4 Å². The quantitative estimate of drug-likeness (QED) is 0.0829. The second kappa shape index (κ2) is 22.6. The highest BCUT2D eigenvalue weighted by atomic mass is 32.2. The number of rotatable bonds is 13. The standard InChI is InChI=1S/C32H45N3O4S.C15H20N2O3S2/c1-21-25(15-10-16-28(21)36)30(38)33-26(20-40-24-13-6-5-7-14-24)29(37)19-35-18-23-12-9-8-11-22(23)17-27(35)31(39)34-32(2,3)4;1-9(2)20-15(18)17-12-7-10(19-3)5-6-11(12)16-14(21)13(17)8-22-4/h5-7,10,13-16,22-23,26-27,29,36-37H,8-9,11-12,17-20H2,1-4H3,(H,33,38)(H,34,39);5-7,9,13H,8H2,1-4H3,(H,16,21)/t22-,23+,26-,27-,29+;13-/m00/s1. The number of ether oxygens (including phenoxy) is 2. The zero-order valence-electron chi connectivity index (χ0n) is 37.3. The van der Waals surface area contributed by atoms with E-state index in [0.29, 0.717) is 51.8 Å². The Morgan fingerprint density at radius 1 is 1.02 bits per heavy atom. The van der Waals surface area contributed by atoms with Crippen LogP contribution in [0.3, 0.4) is 0 Å². The van der Waals surface area contributed by atoms with E-state index in [4.69, 9.17) is 21.7 Å². The van der Waals surface area contributed by atoms with Crippen molar-refractivity contribution in [3.05, 3.63) is 77.9 Å². The lowest BCUT2D eigenvalue weighted by Gasteiger charge is -2.47. The highest BCUT2D eigenvalue weighted by Gasteiger charge is 2.42. The van der Waals surface area contributed by atoms with Gasteiger partial charge in [-0.25, -0.2) is 4.79 Å². The Morgan fingerprint density at radius 3 is 2.39 bits per heavy atom. The van der Waals surface area contributed by atoms with E-state index >= 15 is 0 Å². The number of carbonyl (C=O) groups excluding carboxylic acids is 3. The van der Waals surface area contributed by atoms with Gasteiger partial charge in [0.05, 0.1) is 48.8 Å². The number of phenols is 1. The van der Waals surface area contributed by atoms with Crippen LogP contribution in [0.15, 0.2) is 71.6 Å². The van der Waals surface area contributed by atoms with Crippen LogP contribution < -0.4 is 25.6 Å². The summed E-state index contributed by atoms with van der Waals surface area (Å²) in [6, 6.07) is 19.2. The van der Waals surface area contributed by atoms with Gasteiger partial charge in [-0.2, -0.15) is 11.8 Å². The molecule has 3 aliphatic rings. The molecule has 6 atom stereocenters. The third-order valence-corrected chi connectivity index (χ3v) is 13.6. The summed E-state index contributed by atoms with van der Waals surface area (Å²) in [6.07, 6.45) is 6.06. The van der Waals surface area contributed by atoms with Crippen LogP contribution in [-0.2, 0) is 9.53 Å². The van der Waals surface area contributed by atoms with Crippen molar-refractivity contribution < 1.29 is 34.1 Å². The zero-order chi connectivity index (χ0) is 45.1. The average Bonchev–Trinajstić information content (AvgIpc) is 3.22. The number of thioether (sulfide) groups is 2. The van der Waals surface area contributed by atoms with E-state index in [9.17, 15) is 24.6 Å². The third-order valence-electron chi connectivity index (χ3n) is 11.4. The molecule has 3 amide bonds. The van der Waals surface area contributed by atoms with E-state index < -0.39 is 18.2 Å². The molecule has 1 saturated carbocycles. The number of likely N-dealkylation sites (tertiary alicyclic amines) is 1. The molecular weight excluding hydrogens is 843 g/mol. The van der Waals surface area contributed by atoms with Gasteiger partial charge in [0.2, 0.25) is 5.91 Å². The van der Waals surface area contributed by atoms with Crippen molar-refractivity contribution in [3.8, 4) is 11.5 Å². The number of β-amino-alcohol motifs (C(OH)–C–C–N with tert-alkyl or cyclic N) is 1. The van der Waals surface area contributed by atoms with Crippen molar-refractivity contribution in [2.24, 2.45) is 11.8 Å². The van der Waals surface area contributed by atoms with E-state index in [1.54, 1.807) is 60.7 Å². The molecule has 6 rings (SSSR count). The minimum absolute atomic E-state index is 0.0124. The van der Waals surface area contributed by atoms with E-state index in [0.717, 1.165) is 42.1 Å². The molecule has 0 spiro atoms. The number of hydrogen-bond acceptors (Lipinski definition) is 11. The van der Waals surface area contributed by atoms with Gasteiger partial charge in [0.15, 0.2) is 0 Å². The number of piperidine rings is 1. The van der Waals surface area contributed by atoms with Gasteiger partial charge in [-0.15, -0.1) is 11.8 Å². The van der Waals surface area contributed by atoms with Crippen LogP contribution >= 0.6 is 35.7 Å². The molecule has 2 aliphatic heterocycles. The van der Waals surface area contributed by atoms with Gasteiger partial charge in [-0.05, 0) is 109 Å². The van der Waals surface area contributed by atoms with Gasteiger partial charge in [-0.3, -0.25) is 19.4 Å². The van der Waals surface area contributed by atoms with E-state index in [1.165, 1.54) is 12.8 Å². The lowest BCUT2D eigenvalue weighted by Crippen LogP contribution is -2.60. The Morgan fingerprint density at radius 2 is 1.73 bits per heavy atom. The lowest BCUT2D eigenvalue weighted by atomic mass is 9.72. The Hall–Kier alpha value is -4.02. The molecule has 5 N–H and O–H groups in total. The van der Waals surface area contributed by atoms with Crippen LogP contribution in [-0.4, -0.2) is 112 Å². The number of hydrogen-bond donors (Lipinski definition) is 5. The van der Waals surface area contributed by atoms with Crippen molar-refractivity contribution in [2.45, 2.75) is 114 Å². The maximum Gasteiger partial charge on any atom is 0.415 e. The number of nitrogens with one attached hydrogen (secondary N) is 3. The molecule has 0 aromatic heterocycles. The van der Waals surface area contributed by atoms with Crippen molar-refractivity contribution in [2.75, 3.05) is 48.2 Å². The maximum atomic E-state index is 13.5. The number of benzene rings is 3. The van der Waals surface area contributed by atoms with E-state index in [-0.39, 0.29) is 41.3 Å². The van der Waals surface area contributed by atoms with Crippen molar-refractivity contribution in [1.29, 1.82) is 0 Å². The molecule has 0 unspecified atom stereocenters. The van der Waals surface area contributed by atoms with Crippen LogP contribution in [0.25, 0.3) is 0 Å². The highest BCUT2D eigenvalue weighted by molar-refractivity contribution is 7.99. The number of amides is 3. The van der Waals surface area contributed by atoms with Gasteiger partial charge in [0.1, 0.15) is 16.5 Å². The number of aliphatic hydroxyl groups excluding tert-OH is 1. The summed E-state index contributed by atoms with van der Waals surface area (Å²) in [5.74, 6) is 2.64. The number of nitrogens with zero attached hydrogens (tertiary/aromatic N) is 2. The largest absolute Gasteiger partial charge is 0.508 e. The van der Waals surface area contributed by atoms with Gasteiger partial charge in [-0.1, -0.05) is 55.7 Å². The third kappa shape index (κ3) is 13.3. The normalized spacial score (nSPS) is 20.9. The molecule has 12 nitrogen and oxygen atoms in total. The molecule has 338 valence electrons. The SMILES string of the molecule is COc1ccc2c(c1)N(C(=O)OC(C)C)[C@@H](CSC)C(=S)N2.Cc1c(O)cccc1C(=O)N[C@@H](CSc1ccccc1)[C@H](O)CN1C[C@H]2CCCC[C@H]2C[C@H]1C(=O)NC(C)(C)C. The minimum atomic E-state index is -0.886. The smallest absolute Gasteiger partial charge is 0.415 e. The number of aliphatic hydroxyl groups is 1. The Balaban J connectivity index is 0.000000278. The monoisotopic (exact) mass is 907 g/mol. The number of thiocarbonyl (C=S) groups is 1. The molecule has 1 aliphatic carbocycles. The Kier molecular flexibility index (Phi) is 17.8. The molecular formula is C47H65N5O7S3. The summed E-state index contributed by atoms with van der Waals surface area (Å²) < 4.78 is 10.7. The van der Waals surface area contributed by atoms with Crippen LogP contribution in [0.1, 0.15) is 82.6 Å². The predicted molar refractivity (Wildman–Crippen MR) is 256 cm³/mol. The van der Waals surface area contributed by atoms with Crippen molar-refractivity contribution >= 4 is 70.0 Å². The van der Waals surface area contributed by atoms with Gasteiger partial charge in [0.25, 0.3) is 5.91 Å². The molecule has 2 fully saturated rings. The molecule has 15 heteroatoms. The molecule has 2 heterocycles. The summed E-state index contributed by atoms with van der Waals surface area (Å²) in [5.41, 5.74) is 2.04. The van der Waals surface area contributed by atoms with E-state index in [2.05, 4.69) is 20.9 Å². The number of methoxy groups -OCH3 is 1. The van der Waals surface area contributed by atoms with Gasteiger partial charge >= 0.3 is 6.09 Å². The minimum Gasteiger partial charge on any atom is -0.508 e. The molecule has 62 heavy (non-hydrogen) atoms. The van der Waals surface area contributed by atoms with Gasteiger partial charge < -0.3 is 35.6 Å². The Bertz CT molecular complexity index is 2000. The number of aromatic hydroxyl groups is 1. The zero-order valence-corrected chi connectivity index (χ0v) is 39.8. The highest BCUT2D eigenvalue weighted by Crippen LogP contribution is 2.40. The fourth-order valence-corrected chi connectivity index (χ4v) is 10.4. The number of phenolic OH excluding ortho intramolecular Hbond substituents is 1. The number of carbonyl (C=O) groups is 3. The number of anilines is 2. The molecule has 0 bridgehead atoms. The average molecular weight is 908 g/mol. The predicted octanol–water partition coefficient (Wildman–Crippen LogP) is 8.28. The fraction of sp³-hybridized carbons (Fsp3) is 0.532. The second-order valence-corrected chi connectivity index (χ2v) is 20.1. The lowest BCUT2D eigenvalue weighted by molar-refractivity contribution is -0.132. The van der Waals surface area contributed by atoms with Crippen LogP contribution in [0.5, 0.6) is 11.5 Å². The van der Waals surface area contributed by atoms with Crippen LogP contribution in [0.2, 0.25) is 0 Å². The van der Waals surface area contributed by atoms with Crippen LogP contribution in [0.4, 0.5) is 16.2 Å². The topological polar surface area (TPSA) is 153 Å². The summed E-state index contributed by atoms with van der Waals surface area (Å²) in [5, 5.41) is 31.2. The first kappa shape index (κ1) is 49.0. The van der Waals surface area contributed by atoms with Crippen molar-refractivity contribution in [3.63, 3.8) is 0 Å². The second-order valence-electron chi connectivity index (χ2n) is 17.6. The molecule has 3 aromatic rings. The molecule has 1 saturated heterocycles. The maximum absolute atomic E-state index is 13.5. The first-order valence-electron chi connectivity index (χ1n) is 21.5. The Labute approximate surface area is 381 Å². The summed E-state index contributed by atoms with van der Waals surface area (Å²) in [4.78, 5) is 44.8. The molecule has 0 radical (unpaired) electrons. The fourth-order valence-electron chi connectivity index (χ4n) is 8.30. The first-order valence-corrected chi connectivity index (χ1v) is 24.3. The molecule has 3 aromatic carbocycles. The van der Waals surface area contributed by atoms with Gasteiger partial charge in [0, 0.05) is 52.2 Å². The number of fused-ring (bicyclic) bond motifs is 2. The summed E-state index contributed by atoms with van der Waals surface area (Å²) in [7, 11) is 1.60. The van der Waals surface area contributed by atoms with Crippen molar-refractivity contribution in [1.82, 2.24) is 15.5 Å². The van der Waals surface area contributed by atoms with Crippen LogP contribution in [0, 0.1) is 18.8 Å². The first-order chi connectivity index (χ1) is 29.5. The summed E-state index contributed by atoms with van der Waals surface area (Å²) in [6.45, 7) is 12.4.